The average Bonchev–Trinajstić information content (AvgIpc) is 2.25. The van der Waals surface area contributed by atoms with Crippen molar-refractivity contribution < 1.29 is 24.6 Å². The monoisotopic (exact) mass is 349 g/mol. The normalized spacial score (nSPS) is 11.7. The summed E-state index contributed by atoms with van der Waals surface area (Å²) in [6.45, 7) is 0. The molecule has 0 radical (unpaired) electrons. The van der Waals surface area contributed by atoms with Gasteiger partial charge in [0.25, 0.3) is 5.91 Å². The lowest BCUT2D eigenvalue weighted by atomic mass is 10.1. The van der Waals surface area contributed by atoms with Gasteiger partial charge in [-0.15, -0.1) is 0 Å². The number of hydrogen-bond donors (Lipinski definition) is 3. The van der Waals surface area contributed by atoms with Crippen molar-refractivity contribution in [1.82, 2.24) is 5.32 Å². The van der Waals surface area contributed by atoms with E-state index >= 15 is 0 Å². The number of carboxylic acids is 2. The summed E-state index contributed by atoms with van der Waals surface area (Å²) in [7, 11) is 0. The Morgan fingerprint density at radius 3 is 2.37 bits per heavy atom. The van der Waals surface area contributed by atoms with Crippen LogP contribution in [0.2, 0.25) is 5.02 Å². The molecule has 0 unspecified atom stereocenters. The zero-order valence-corrected chi connectivity index (χ0v) is 11.7. The van der Waals surface area contributed by atoms with Crippen LogP contribution in [-0.2, 0) is 9.59 Å². The number of rotatable bonds is 5. The summed E-state index contributed by atoms with van der Waals surface area (Å²) in [6, 6.07) is 2.86. The van der Waals surface area contributed by atoms with Crippen LogP contribution in [0.3, 0.4) is 0 Å². The minimum absolute atomic E-state index is 0.135. The van der Waals surface area contributed by atoms with Crippen molar-refractivity contribution >= 4 is 45.4 Å². The zero-order chi connectivity index (χ0) is 14.6. The Bertz CT molecular complexity index is 514. The third-order valence-electron chi connectivity index (χ3n) is 2.11. The first-order valence-electron chi connectivity index (χ1n) is 5.01. The van der Waals surface area contributed by atoms with E-state index in [1.807, 2.05) is 0 Å². The van der Waals surface area contributed by atoms with E-state index in [4.69, 9.17) is 21.8 Å². The Morgan fingerprint density at radius 2 is 1.89 bits per heavy atom. The van der Waals surface area contributed by atoms with Crippen LogP contribution in [0, 0.1) is 0 Å². The molecule has 3 N–H and O–H groups in total. The molecule has 0 aliphatic heterocycles. The molecule has 19 heavy (non-hydrogen) atoms. The lowest BCUT2D eigenvalue weighted by Gasteiger charge is -2.12. The van der Waals surface area contributed by atoms with Gasteiger partial charge in [-0.25, -0.2) is 4.79 Å². The van der Waals surface area contributed by atoms with E-state index in [2.05, 4.69) is 21.2 Å². The van der Waals surface area contributed by atoms with Crippen molar-refractivity contribution in [1.29, 1.82) is 0 Å². The van der Waals surface area contributed by atoms with E-state index < -0.39 is 30.3 Å². The van der Waals surface area contributed by atoms with Crippen LogP contribution < -0.4 is 5.32 Å². The molecule has 0 spiro atoms. The van der Waals surface area contributed by atoms with Gasteiger partial charge in [0.1, 0.15) is 6.04 Å². The van der Waals surface area contributed by atoms with E-state index in [0.717, 1.165) is 0 Å². The van der Waals surface area contributed by atoms with Crippen LogP contribution in [-0.4, -0.2) is 34.1 Å². The van der Waals surface area contributed by atoms with Gasteiger partial charge in [-0.2, -0.15) is 0 Å². The second kappa shape index (κ2) is 6.53. The molecular formula is C11H9BrClNO5. The molecule has 0 heterocycles. The van der Waals surface area contributed by atoms with Gasteiger partial charge in [-0.1, -0.05) is 27.5 Å². The molecule has 0 aliphatic rings. The second-order valence-corrected chi connectivity index (χ2v) is 4.97. The number of hydrogen-bond acceptors (Lipinski definition) is 3. The van der Waals surface area contributed by atoms with Gasteiger partial charge in [0.15, 0.2) is 0 Å². The molecule has 102 valence electrons. The van der Waals surface area contributed by atoms with Gasteiger partial charge in [-0.05, 0) is 18.2 Å². The average molecular weight is 351 g/mol. The Kier molecular flexibility index (Phi) is 5.31. The lowest BCUT2D eigenvalue weighted by Crippen LogP contribution is -2.42. The fourth-order valence-electron chi connectivity index (χ4n) is 1.30. The molecule has 0 aromatic heterocycles. The Hall–Kier alpha value is -1.60. The Balaban J connectivity index is 2.87. The highest BCUT2D eigenvalue weighted by Crippen LogP contribution is 2.19. The first-order chi connectivity index (χ1) is 8.79. The summed E-state index contributed by atoms with van der Waals surface area (Å²) in [5.41, 5.74) is 0.135. The van der Waals surface area contributed by atoms with Crippen molar-refractivity contribution in [2.24, 2.45) is 0 Å². The van der Waals surface area contributed by atoms with Crippen LogP contribution in [0.4, 0.5) is 0 Å². The fraction of sp³-hybridized carbons (Fsp3) is 0.182. The molecule has 0 bridgehead atoms. The van der Waals surface area contributed by atoms with Crippen molar-refractivity contribution in [3.8, 4) is 0 Å². The van der Waals surface area contributed by atoms with E-state index in [1.165, 1.54) is 12.1 Å². The zero-order valence-electron chi connectivity index (χ0n) is 9.39. The summed E-state index contributed by atoms with van der Waals surface area (Å²) in [6.07, 6.45) is -0.706. The Labute approximate surface area is 121 Å². The molecule has 0 aliphatic carbocycles. The second-order valence-electron chi connectivity index (χ2n) is 3.62. The van der Waals surface area contributed by atoms with Crippen molar-refractivity contribution in [3.63, 3.8) is 0 Å². The summed E-state index contributed by atoms with van der Waals surface area (Å²) >= 11 is 8.90. The number of amides is 1. The van der Waals surface area contributed by atoms with Gasteiger partial charge in [-0.3, -0.25) is 9.59 Å². The fourth-order valence-corrected chi connectivity index (χ4v) is 2.16. The Morgan fingerprint density at radius 1 is 1.26 bits per heavy atom. The minimum atomic E-state index is -1.50. The molecule has 1 atom stereocenters. The number of halogens is 2. The maximum absolute atomic E-state index is 11.8. The van der Waals surface area contributed by atoms with Gasteiger partial charge >= 0.3 is 11.9 Å². The molecule has 6 nitrogen and oxygen atoms in total. The lowest BCUT2D eigenvalue weighted by molar-refractivity contribution is -0.145. The van der Waals surface area contributed by atoms with Crippen molar-refractivity contribution in [3.05, 3.63) is 33.3 Å². The molecular weight excluding hydrogens is 341 g/mol. The molecule has 0 fully saturated rings. The number of carboxylic acid groups (broad SMARTS) is 2. The van der Waals surface area contributed by atoms with Crippen LogP contribution >= 0.6 is 27.5 Å². The summed E-state index contributed by atoms with van der Waals surface area (Å²) in [4.78, 5) is 33.1. The maximum Gasteiger partial charge on any atom is 0.326 e. The van der Waals surface area contributed by atoms with Crippen molar-refractivity contribution in [2.45, 2.75) is 12.5 Å². The maximum atomic E-state index is 11.8. The largest absolute Gasteiger partial charge is 0.481 e. The smallest absolute Gasteiger partial charge is 0.326 e. The van der Waals surface area contributed by atoms with Crippen LogP contribution in [0.5, 0.6) is 0 Å². The van der Waals surface area contributed by atoms with Crippen molar-refractivity contribution in [2.75, 3.05) is 0 Å². The summed E-state index contributed by atoms with van der Waals surface area (Å²) < 4.78 is 0.551. The van der Waals surface area contributed by atoms with Gasteiger partial charge in [0.05, 0.1) is 6.42 Å². The van der Waals surface area contributed by atoms with Crippen LogP contribution in [0.1, 0.15) is 16.8 Å². The topological polar surface area (TPSA) is 104 Å². The number of aliphatic carboxylic acids is 2. The third-order valence-corrected chi connectivity index (χ3v) is 2.78. The van der Waals surface area contributed by atoms with E-state index in [-0.39, 0.29) is 5.56 Å². The molecule has 8 heteroatoms. The summed E-state index contributed by atoms with van der Waals surface area (Å²) in [5.74, 6) is -3.45. The van der Waals surface area contributed by atoms with Gasteiger partial charge < -0.3 is 15.5 Å². The molecule has 0 saturated heterocycles. The molecule has 1 amide bonds. The first kappa shape index (κ1) is 15.5. The standard InChI is InChI=1S/C11H9BrClNO5/c12-6-1-5(2-7(13)3-6)10(17)14-8(11(18)19)4-9(15)16/h1-3,8H,4H2,(H,14,17)(H,15,16)(H,18,19)/t8-/m1/s1. The van der Waals surface area contributed by atoms with E-state index in [1.54, 1.807) is 6.07 Å². The third kappa shape index (κ3) is 4.88. The van der Waals surface area contributed by atoms with Gasteiger partial charge in [0, 0.05) is 15.1 Å². The highest BCUT2D eigenvalue weighted by molar-refractivity contribution is 9.10. The SMILES string of the molecule is O=C(O)C[C@@H](NC(=O)c1cc(Cl)cc(Br)c1)C(=O)O. The first-order valence-corrected chi connectivity index (χ1v) is 6.18. The molecule has 1 rings (SSSR count). The molecule has 0 saturated carbocycles. The molecule has 1 aromatic rings. The summed E-state index contributed by atoms with van der Waals surface area (Å²) in [5, 5.41) is 19.8. The number of carbonyl (C=O) groups is 3. The highest BCUT2D eigenvalue weighted by Gasteiger charge is 2.23. The molecule has 1 aromatic carbocycles. The minimum Gasteiger partial charge on any atom is -0.481 e. The van der Waals surface area contributed by atoms with Crippen LogP contribution in [0.15, 0.2) is 22.7 Å². The predicted molar refractivity (Wildman–Crippen MR) is 70.3 cm³/mol. The van der Waals surface area contributed by atoms with Crippen LogP contribution in [0.25, 0.3) is 0 Å². The van der Waals surface area contributed by atoms with E-state index in [9.17, 15) is 14.4 Å². The van der Waals surface area contributed by atoms with Gasteiger partial charge in [0.2, 0.25) is 0 Å². The number of benzene rings is 1. The highest BCUT2D eigenvalue weighted by atomic mass is 79.9. The predicted octanol–water partition coefficient (Wildman–Crippen LogP) is 1.76. The number of nitrogens with one attached hydrogen (secondary N) is 1. The van der Waals surface area contributed by atoms with E-state index in [0.29, 0.717) is 9.50 Å². The quantitative estimate of drug-likeness (QED) is 0.751. The number of carbonyl (C=O) groups excluding carboxylic acids is 1.